The van der Waals surface area contributed by atoms with E-state index in [1.165, 1.54) is 12.1 Å². The zero-order valence-electron chi connectivity index (χ0n) is 20.9. The Morgan fingerprint density at radius 3 is 2.74 bits per heavy atom. The average Bonchev–Trinajstić information content (AvgIpc) is 3.07. The number of rotatable bonds is 7. The molecule has 0 radical (unpaired) electrons. The highest BCUT2D eigenvalue weighted by molar-refractivity contribution is 7.91. The van der Waals surface area contributed by atoms with Crippen molar-refractivity contribution in [2.45, 2.75) is 30.9 Å². The average molecular weight is 555 g/mol. The summed E-state index contributed by atoms with van der Waals surface area (Å²) < 4.78 is 61.8. The summed E-state index contributed by atoms with van der Waals surface area (Å²) in [6.07, 6.45) is 1.62. The first-order chi connectivity index (χ1) is 18.6. The first kappa shape index (κ1) is 26.6. The molecule has 0 saturated heterocycles. The summed E-state index contributed by atoms with van der Waals surface area (Å²) in [5, 5.41) is 3.52. The van der Waals surface area contributed by atoms with Crippen LogP contribution in [0.15, 0.2) is 65.7 Å². The van der Waals surface area contributed by atoms with Crippen molar-refractivity contribution in [3.8, 4) is 17.3 Å². The van der Waals surface area contributed by atoms with Gasteiger partial charge in [-0.3, -0.25) is 9.78 Å². The Kier molecular flexibility index (Phi) is 7.23. The molecule has 1 amide bonds. The van der Waals surface area contributed by atoms with Crippen LogP contribution < -0.4 is 10.1 Å². The number of pyridine rings is 3. The fourth-order valence-corrected chi connectivity index (χ4v) is 5.36. The Balaban J connectivity index is 1.32. The van der Waals surface area contributed by atoms with Gasteiger partial charge in [-0.2, -0.15) is 0 Å². The molecule has 0 saturated carbocycles. The maximum Gasteiger partial charge on any atom is 0.278 e. The van der Waals surface area contributed by atoms with Crippen LogP contribution in [0.3, 0.4) is 0 Å². The van der Waals surface area contributed by atoms with Gasteiger partial charge in [-0.15, -0.1) is 0 Å². The largest absolute Gasteiger partial charge is 0.471 e. The zero-order valence-corrected chi connectivity index (χ0v) is 21.7. The SMILES string of the molecule is CC(F)(F)COc1cccc(-c2ccc3cnc(CNC(=O)c4ccc5c(c4)S(=O)(=O)CCOC5)cc3n2)n1. The van der Waals surface area contributed by atoms with Gasteiger partial charge in [-0.1, -0.05) is 12.1 Å². The van der Waals surface area contributed by atoms with Crippen molar-refractivity contribution in [3.05, 3.63) is 77.6 Å². The van der Waals surface area contributed by atoms with Gasteiger partial charge < -0.3 is 14.8 Å². The number of carbonyl (C=O) groups excluding carboxylic acids is 1. The van der Waals surface area contributed by atoms with E-state index in [0.717, 1.165) is 12.3 Å². The number of halogens is 2. The summed E-state index contributed by atoms with van der Waals surface area (Å²) in [7, 11) is -3.54. The molecule has 1 aliphatic rings. The molecule has 0 aliphatic carbocycles. The van der Waals surface area contributed by atoms with E-state index in [1.54, 1.807) is 42.6 Å². The summed E-state index contributed by atoms with van der Waals surface area (Å²) in [6, 6.07) is 14.6. The highest BCUT2D eigenvalue weighted by atomic mass is 32.2. The van der Waals surface area contributed by atoms with E-state index in [2.05, 4.69) is 20.3 Å². The molecule has 0 fully saturated rings. The van der Waals surface area contributed by atoms with Gasteiger partial charge in [0.05, 0.1) is 53.0 Å². The first-order valence-corrected chi connectivity index (χ1v) is 13.7. The molecule has 1 aromatic carbocycles. The second kappa shape index (κ2) is 10.6. The number of ether oxygens (including phenoxy) is 2. The van der Waals surface area contributed by atoms with Crippen molar-refractivity contribution in [1.29, 1.82) is 0 Å². The molecule has 0 bridgehead atoms. The number of fused-ring (bicyclic) bond motifs is 2. The van der Waals surface area contributed by atoms with Crippen molar-refractivity contribution < 1.29 is 31.5 Å². The van der Waals surface area contributed by atoms with Crippen molar-refractivity contribution in [2.24, 2.45) is 0 Å². The number of carbonyl (C=O) groups is 1. The molecule has 0 spiro atoms. The lowest BCUT2D eigenvalue weighted by atomic mass is 10.1. The highest BCUT2D eigenvalue weighted by Crippen LogP contribution is 2.24. The maximum absolute atomic E-state index is 13.1. The van der Waals surface area contributed by atoms with Crippen molar-refractivity contribution >= 4 is 26.6 Å². The van der Waals surface area contributed by atoms with E-state index >= 15 is 0 Å². The number of alkyl halides is 2. The molecule has 0 unspecified atom stereocenters. The highest BCUT2D eigenvalue weighted by Gasteiger charge is 2.24. The van der Waals surface area contributed by atoms with Crippen LogP contribution in [0.2, 0.25) is 0 Å². The topological polar surface area (TPSA) is 120 Å². The molecule has 9 nitrogen and oxygen atoms in total. The van der Waals surface area contributed by atoms with Gasteiger partial charge in [0.2, 0.25) is 5.88 Å². The molecular weight excluding hydrogens is 530 g/mol. The normalized spacial score (nSPS) is 14.8. The maximum atomic E-state index is 13.1. The third-order valence-corrected chi connectivity index (χ3v) is 7.69. The van der Waals surface area contributed by atoms with Gasteiger partial charge in [0.15, 0.2) is 16.4 Å². The molecule has 4 heterocycles. The van der Waals surface area contributed by atoms with Gasteiger partial charge in [0.25, 0.3) is 11.8 Å². The van der Waals surface area contributed by atoms with Crippen LogP contribution in [0.1, 0.15) is 28.5 Å². The summed E-state index contributed by atoms with van der Waals surface area (Å²) in [4.78, 5) is 26.2. The molecule has 3 aromatic heterocycles. The summed E-state index contributed by atoms with van der Waals surface area (Å²) in [6.45, 7) is 0.345. The van der Waals surface area contributed by atoms with E-state index in [0.29, 0.717) is 28.2 Å². The standard InChI is InChI=1S/C27H24F2N4O5S/c1-27(28,29)16-38-25-4-2-3-21(33-25)22-8-7-18-13-30-20(12-23(18)32-22)14-31-26(34)17-5-6-19-15-37-9-10-39(35,36)24(19)11-17/h2-8,11-13H,9-10,14-16H2,1H3,(H,31,34). The molecular formula is C27H24F2N4O5S. The minimum Gasteiger partial charge on any atom is -0.471 e. The van der Waals surface area contributed by atoms with Crippen molar-refractivity contribution in [3.63, 3.8) is 0 Å². The predicted molar refractivity (Wildman–Crippen MR) is 138 cm³/mol. The summed E-state index contributed by atoms with van der Waals surface area (Å²) >= 11 is 0. The number of nitrogens with zero attached hydrogens (tertiary/aromatic N) is 3. The van der Waals surface area contributed by atoms with Gasteiger partial charge in [-0.05, 0) is 42.0 Å². The minimum atomic E-state index is -3.54. The molecule has 1 aliphatic heterocycles. The Labute approximate surface area is 223 Å². The van der Waals surface area contributed by atoms with Crippen LogP contribution in [-0.2, 0) is 27.7 Å². The molecule has 1 N–H and O–H groups in total. The summed E-state index contributed by atoms with van der Waals surface area (Å²) in [5.41, 5.74) is 2.82. The minimum absolute atomic E-state index is 0.0622. The number of benzene rings is 1. The number of sulfone groups is 1. The second-order valence-electron chi connectivity index (χ2n) is 9.16. The lowest BCUT2D eigenvalue weighted by Gasteiger charge is -2.12. The molecule has 5 rings (SSSR count). The third-order valence-electron chi connectivity index (χ3n) is 5.94. The lowest BCUT2D eigenvalue weighted by Crippen LogP contribution is -2.23. The van der Waals surface area contributed by atoms with Crippen LogP contribution in [0.4, 0.5) is 8.78 Å². The number of aromatic nitrogens is 3. The first-order valence-electron chi connectivity index (χ1n) is 12.0. The fraction of sp³-hybridized carbons (Fsp3) is 0.259. The van der Waals surface area contributed by atoms with Crippen LogP contribution in [-0.4, -0.2) is 54.2 Å². The number of hydrogen-bond donors (Lipinski definition) is 1. The van der Waals surface area contributed by atoms with E-state index in [1.807, 2.05) is 6.07 Å². The molecule has 202 valence electrons. The molecule has 12 heteroatoms. The van der Waals surface area contributed by atoms with Gasteiger partial charge in [0, 0.05) is 30.1 Å². The Morgan fingerprint density at radius 1 is 1.10 bits per heavy atom. The Hall–Kier alpha value is -4.03. The van der Waals surface area contributed by atoms with Crippen molar-refractivity contribution in [1.82, 2.24) is 20.3 Å². The predicted octanol–water partition coefficient (Wildman–Crippen LogP) is 3.96. The van der Waals surface area contributed by atoms with E-state index in [4.69, 9.17) is 9.47 Å². The van der Waals surface area contributed by atoms with Gasteiger partial charge in [0.1, 0.15) is 0 Å². The van der Waals surface area contributed by atoms with Gasteiger partial charge >= 0.3 is 0 Å². The molecule has 4 aromatic rings. The van der Waals surface area contributed by atoms with Crippen LogP contribution in [0, 0.1) is 0 Å². The molecule has 39 heavy (non-hydrogen) atoms. The fourth-order valence-electron chi connectivity index (χ4n) is 3.97. The van der Waals surface area contributed by atoms with Crippen LogP contribution >= 0.6 is 0 Å². The zero-order chi connectivity index (χ0) is 27.6. The monoisotopic (exact) mass is 554 g/mol. The second-order valence-corrected chi connectivity index (χ2v) is 11.2. The van der Waals surface area contributed by atoms with Gasteiger partial charge in [-0.25, -0.2) is 27.2 Å². The van der Waals surface area contributed by atoms with E-state index in [-0.39, 0.29) is 41.9 Å². The van der Waals surface area contributed by atoms with E-state index < -0.39 is 28.3 Å². The number of amides is 1. The Bertz CT molecular complexity index is 1660. The summed E-state index contributed by atoms with van der Waals surface area (Å²) in [5.74, 6) is -3.50. The lowest BCUT2D eigenvalue weighted by molar-refractivity contribution is -0.0242. The molecule has 0 atom stereocenters. The smallest absolute Gasteiger partial charge is 0.278 e. The Morgan fingerprint density at radius 2 is 1.92 bits per heavy atom. The number of hydrogen-bond acceptors (Lipinski definition) is 8. The third kappa shape index (κ3) is 6.35. The van der Waals surface area contributed by atoms with Crippen LogP contribution in [0.25, 0.3) is 22.3 Å². The number of nitrogens with one attached hydrogen (secondary N) is 1. The van der Waals surface area contributed by atoms with E-state index in [9.17, 15) is 22.0 Å². The quantitative estimate of drug-likeness (QED) is 0.365. The van der Waals surface area contributed by atoms with Crippen LogP contribution in [0.5, 0.6) is 5.88 Å². The van der Waals surface area contributed by atoms with Crippen molar-refractivity contribution in [2.75, 3.05) is 19.0 Å².